The number of anilines is 1. The summed E-state index contributed by atoms with van der Waals surface area (Å²) < 4.78 is 14.5. The van der Waals surface area contributed by atoms with Crippen LogP contribution in [0, 0.1) is 5.82 Å². The lowest BCUT2D eigenvalue weighted by molar-refractivity contribution is 0.184. The Morgan fingerprint density at radius 3 is 2.63 bits per heavy atom. The van der Waals surface area contributed by atoms with E-state index in [9.17, 15) is 4.39 Å². The maximum Gasteiger partial charge on any atom is 0.166 e. The number of halogens is 2. The molecule has 2 N–H and O–H groups in total. The third kappa shape index (κ3) is 3.43. The lowest BCUT2D eigenvalue weighted by Crippen LogP contribution is -2.52. The first kappa shape index (κ1) is 14.7. The highest BCUT2D eigenvalue weighted by Gasteiger charge is 2.24. The highest BCUT2D eigenvalue weighted by Crippen LogP contribution is 2.21. The minimum absolute atomic E-state index is 0.270. The number of hydrogen-bond acceptors (Lipinski definition) is 4. The van der Waals surface area contributed by atoms with E-state index in [0.29, 0.717) is 22.9 Å². The Labute approximate surface area is 121 Å². The number of pyridine rings is 1. The number of rotatable bonds is 4. The van der Waals surface area contributed by atoms with Gasteiger partial charge in [-0.05, 0) is 28.4 Å². The standard InChI is InChI=1S/C13H20BrFN4/c1-2-11(8-16)18-3-5-19(6-4-18)13-12(15)7-10(14)9-17-13/h7,9,11H,2-6,8,16H2,1H3. The summed E-state index contributed by atoms with van der Waals surface area (Å²) in [5.74, 6) is 0.178. The van der Waals surface area contributed by atoms with E-state index in [-0.39, 0.29) is 5.82 Å². The average Bonchev–Trinajstić information content (AvgIpc) is 2.41. The highest BCUT2D eigenvalue weighted by atomic mass is 79.9. The molecule has 0 aliphatic carbocycles. The summed E-state index contributed by atoms with van der Waals surface area (Å²) in [5.41, 5.74) is 5.77. The SMILES string of the molecule is CCC(CN)N1CCN(c2ncc(Br)cc2F)CC1. The monoisotopic (exact) mass is 330 g/mol. The van der Waals surface area contributed by atoms with Crippen LogP contribution in [0.3, 0.4) is 0 Å². The second kappa shape index (κ2) is 6.63. The molecule has 1 aliphatic rings. The Balaban J connectivity index is 1.99. The molecule has 4 nitrogen and oxygen atoms in total. The van der Waals surface area contributed by atoms with Crippen molar-refractivity contribution in [2.45, 2.75) is 19.4 Å². The zero-order chi connectivity index (χ0) is 13.8. The van der Waals surface area contributed by atoms with E-state index in [2.05, 4.69) is 32.7 Å². The molecule has 0 aromatic carbocycles. The normalized spacial score (nSPS) is 18.6. The molecule has 6 heteroatoms. The summed E-state index contributed by atoms with van der Waals surface area (Å²) in [7, 11) is 0. The predicted molar refractivity (Wildman–Crippen MR) is 78.8 cm³/mol. The van der Waals surface area contributed by atoms with Gasteiger partial charge < -0.3 is 10.6 Å². The van der Waals surface area contributed by atoms with Gasteiger partial charge in [-0.25, -0.2) is 9.37 Å². The fourth-order valence-corrected chi connectivity index (χ4v) is 2.82. The molecule has 0 saturated carbocycles. The van der Waals surface area contributed by atoms with Crippen LogP contribution in [0.25, 0.3) is 0 Å². The molecule has 1 saturated heterocycles. The van der Waals surface area contributed by atoms with Crippen molar-refractivity contribution >= 4 is 21.7 Å². The summed E-state index contributed by atoms with van der Waals surface area (Å²) in [4.78, 5) is 8.56. The van der Waals surface area contributed by atoms with Gasteiger partial charge in [-0.1, -0.05) is 6.92 Å². The van der Waals surface area contributed by atoms with Crippen molar-refractivity contribution in [1.82, 2.24) is 9.88 Å². The van der Waals surface area contributed by atoms with Crippen molar-refractivity contribution in [2.24, 2.45) is 5.73 Å². The molecule has 0 bridgehead atoms. The van der Waals surface area contributed by atoms with Crippen LogP contribution < -0.4 is 10.6 Å². The molecule has 1 atom stereocenters. The van der Waals surface area contributed by atoms with E-state index < -0.39 is 0 Å². The van der Waals surface area contributed by atoms with Gasteiger partial charge in [-0.3, -0.25) is 4.90 Å². The number of nitrogens with zero attached hydrogens (tertiary/aromatic N) is 3. The molecule has 2 heterocycles. The zero-order valence-electron chi connectivity index (χ0n) is 11.1. The fraction of sp³-hybridized carbons (Fsp3) is 0.615. The molecule has 1 aromatic heterocycles. The maximum atomic E-state index is 13.9. The molecule has 106 valence electrons. The minimum Gasteiger partial charge on any atom is -0.352 e. The predicted octanol–water partition coefficient (Wildman–Crippen LogP) is 1.84. The van der Waals surface area contributed by atoms with Gasteiger partial charge in [-0.2, -0.15) is 0 Å². The lowest BCUT2D eigenvalue weighted by Gasteiger charge is -2.39. The van der Waals surface area contributed by atoms with Crippen molar-refractivity contribution in [2.75, 3.05) is 37.6 Å². The molecule has 1 aromatic rings. The number of aromatic nitrogens is 1. The van der Waals surface area contributed by atoms with Gasteiger partial charge in [0.1, 0.15) is 0 Å². The van der Waals surface area contributed by atoms with Crippen LogP contribution in [0.2, 0.25) is 0 Å². The van der Waals surface area contributed by atoms with Crippen molar-refractivity contribution in [3.8, 4) is 0 Å². The van der Waals surface area contributed by atoms with Gasteiger partial charge in [0.15, 0.2) is 11.6 Å². The Morgan fingerprint density at radius 2 is 2.11 bits per heavy atom. The van der Waals surface area contributed by atoms with Gasteiger partial charge >= 0.3 is 0 Å². The molecule has 19 heavy (non-hydrogen) atoms. The Morgan fingerprint density at radius 1 is 1.42 bits per heavy atom. The van der Waals surface area contributed by atoms with Gasteiger partial charge in [0.25, 0.3) is 0 Å². The quantitative estimate of drug-likeness (QED) is 0.915. The van der Waals surface area contributed by atoms with E-state index in [1.54, 1.807) is 6.20 Å². The first-order valence-electron chi connectivity index (χ1n) is 6.65. The zero-order valence-corrected chi connectivity index (χ0v) is 12.7. The molecule has 1 aliphatic heterocycles. The molecule has 0 amide bonds. The van der Waals surface area contributed by atoms with Crippen molar-refractivity contribution in [3.05, 3.63) is 22.6 Å². The van der Waals surface area contributed by atoms with Crippen LogP contribution in [0.1, 0.15) is 13.3 Å². The van der Waals surface area contributed by atoms with Gasteiger partial charge in [0, 0.05) is 49.4 Å². The smallest absolute Gasteiger partial charge is 0.166 e. The minimum atomic E-state index is -0.270. The van der Waals surface area contributed by atoms with Crippen molar-refractivity contribution in [3.63, 3.8) is 0 Å². The topological polar surface area (TPSA) is 45.4 Å². The Hall–Kier alpha value is -0.720. The van der Waals surface area contributed by atoms with Crippen LogP contribution in [0.5, 0.6) is 0 Å². The van der Waals surface area contributed by atoms with Crippen LogP contribution >= 0.6 is 15.9 Å². The first-order chi connectivity index (χ1) is 9.15. The first-order valence-corrected chi connectivity index (χ1v) is 7.45. The van der Waals surface area contributed by atoms with E-state index in [1.165, 1.54) is 6.07 Å². The van der Waals surface area contributed by atoms with Crippen LogP contribution in [0.15, 0.2) is 16.7 Å². The van der Waals surface area contributed by atoms with E-state index >= 15 is 0 Å². The largest absolute Gasteiger partial charge is 0.352 e. The summed E-state index contributed by atoms with van der Waals surface area (Å²) in [5, 5.41) is 0. The average molecular weight is 331 g/mol. The maximum absolute atomic E-state index is 13.9. The van der Waals surface area contributed by atoms with E-state index in [0.717, 1.165) is 32.6 Å². The Bertz CT molecular complexity index is 417. The van der Waals surface area contributed by atoms with Crippen LogP contribution in [0.4, 0.5) is 10.2 Å². The molecular formula is C13H20BrFN4. The highest BCUT2D eigenvalue weighted by molar-refractivity contribution is 9.10. The third-order valence-electron chi connectivity index (χ3n) is 3.66. The van der Waals surface area contributed by atoms with Crippen LogP contribution in [-0.2, 0) is 0 Å². The summed E-state index contributed by atoms with van der Waals surface area (Å²) in [6.07, 6.45) is 2.70. The van der Waals surface area contributed by atoms with Crippen molar-refractivity contribution < 1.29 is 4.39 Å². The molecule has 1 fully saturated rings. The fourth-order valence-electron chi connectivity index (χ4n) is 2.51. The lowest BCUT2D eigenvalue weighted by atomic mass is 10.1. The number of hydrogen-bond donors (Lipinski definition) is 1. The van der Waals surface area contributed by atoms with Gasteiger partial charge in [0.05, 0.1) is 0 Å². The second-order valence-corrected chi connectivity index (χ2v) is 5.70. The number of piperazine rings is 1. The third-order valence-corrected chi connectivity index (χ3v) is 4.10. The molecule has 2 rings (SSSR count). The number of nitrogens with two attached hydrogens (primary N) is 1. The molecule has 0 radical (unpaired) electrons. The van der Waals surface area contributed by atoms with Gasteiger partial charge in [0.2, 0.25) is 0 Å². The van der Waals surface area contributed by atoms with E-state index in [4.69, 9.17) is 5.73 Å². The van der Waals surface area contributed by atoms with Gasteiger partial charge in [-0.15, -0.1) is 0 Å². The Kier molecular flexibility index (Phi) is 5.13. The molecular weight excluding hydrogens is 311 g/mol. The van der Waals surface area contributed by atoms with Crippen molar-refractivity contribution in [1.29, 1.82) is 0 Å². The van der Waals surface area contributed by atoms with E-state index in [1.807, 2.05) is 4.90 Å². The summed E-state index contributed by atoms with van der Waals surface area (Å²) >= 11 is 3.22. The molecule has 1 unspecified atom stereocenters. The summed E-state index contributed by atoms with van der Waals surface area (Å²) in [6.45, 7) is 6.24. The molecule has 0 spiro atoms. The second-order valence-electron chi connectivity index (χ2n) is 4.78. The summed E-state index contributed by atoms with van der Waals surface area (Å²) in [6, 6.07) is 1.90. The van der Waals surface area contributed by atoms with Crippen LogP contribution in [-0.4, -0.2) is 48.6 Å².